The van der Waals surface area contributed by atoms with Crippen LogP contribution in [0.25, 0.3) is 0 Å². The number of benzene rings is 2. The van der Waals surface area contributed by atoms with Crippen LogP contribution in [-0.4, -0.2) is 29.1 Å². The van der Waals surface area contributed by atoms with Crippen molar-refractivity contribution in [3.8, 4) is 17.2 Å². The van der Waals surface area contributed by atoms with Crippen LogP contribution in [0.2, 0.25) is 0 Å². The maximum atomic E-state index is 12.4. The number of carboxylic acids is 1. The summed E-state index contributed by atoms with van der Waals surface area (Å²) < 4.78 is 4.90. The van der Waals surface area contributed by atoms with E-state index in [2.05, 4.69) is 0 Å². The van der Waals surface area contributed by atoms with Gasteiger partial charge in [0.1, 0.15) is 17.2 Å². The fourth-order valence-corrected chi connectivity index (χ4v) is 1.91. The summed E-state index contributed by atoms with van der Waals surface area (Å²) >= 11 is 0. The van der Waals surface area contributed by atoms with E-state index in [9.17, 15) is 24.9 Å². The zero-order valence-corrected chi connectivity index (χ0v) is 14.0. The maximum Gasteiger partial charge on any atom is 1.00 e. The van der Waals surface area contributed by atoms with Gasteiger partial charge in [-0.1, -0.05) is 12.1 Å². The van der Waals surface area contributed by atoms with E-state index in [0.29, 0.717) is 5.75 Å². The zero-order chi connectivity index (χ0) is 15.6. The monoisotopic (exact) mass is 310 g/mol. The molecule has 0 spiro atoms. The SMILES string of the molecule is COc1ccc(C(=O)c2c(O)cccc2C(=O)[O-])c(O)c1.[Na+]. The first-order chi connectivity index (χ1) is 9.95. The van der Waals surface area contributed by atoms with E-state index in [1.165, 1.54) is 37.4 Å². The summed E-state index contributed by atoms with van der Waals surface area (Å²) in [5, 5.41) is 30.6. The van der Waals surface area contributed by atoms with Crippen molar-refractivity contribution in [1.29, 1.82) is 0 Å². The van der Waals surface area contributed by atoms with Crippen LogP contribution in [0.3, 0.4) is 0 Å². The van der Waals surface area contributed by atoms with Crippen LogP contribution in [0.15, 0.2) is 36.4 Å². The maximum absolute atomic E-state index is 12.4. The van der Waals surface area contributed by atoms with E-state index in [-0.39, 0.29) is 40.9 Å². The van der Waals surface area contributed by atoms with Crippen LogP contribution in [-0.2, 0) is 0 Å². The molecule has 0 atom stereocenters. The van der Waals surface area contributed by atoms with Gasteiger partial charge in [0.05, 0.1) is 24.2 Å². The van der Waals surface area contributed by atoms with Crippen LogP contribution in [0.5, 0.6) is 17.2 Å². The molecular weight excluding hydrogens is 299 g/mol. The van der Waals surface area contributed by atoms with Crippen molar-refractivity contribution in [2.24, 2.45) is 0 Å². The molecule has 0 saturated heterocycles. The van der Waals surface area contributed by atoms with Crippen LogP contribution < -0.4 is 39.4 Å². The van der Waals surface area contributed by atoms with Gasteiger partial charge in [0.15, 0.2) is 0 Å². The Morgan fingerprint density at radius 2 is 1.73 bits per heavy atom. The second kappa shape index (κ2) is 7.31. The molecule has 0 aliphatic rings. The molecule has 0 unspecified atom stereocenters. The van der Waals surface area contributed by atoms with Gasteiger partial charge in [-0.05, 0) is 18.2 Å². The van der Waals surface area contributed by atoms with Gasteiger partial charge in [-0.3, -0.25) is 4.79 Å². The second-order valence-electron chi connectivity index (χ2n) is 4.20. The number of hydrogen-bond donors (Lipinski definition) is 2. The number of aromatic hydroxyl groups is 2. The molecule has 22 heavy (non-hydrogen) atoms. The number of ketones is 1. The summed E-state index contributed by atoms with van der Waals surface area (Å²) in [6.45, 7) is 0. The van der Waals surface area contributed by atoms with Gasteiger partial charge in [0.25, 0.3) is 0 Å². The number of carbonyl (C=O) groups excluding carboxylic acids is 2. The molecule has 0 radical (unpaired) electrons. The number of carbonyl (C=O) groups is 2. The van der Waals surface area contributed by atoms with Gasteiger partial charge in [0, 0.05) is 11.6 Å². The number of phenols is 2. The number of carboxylic acid groups (broad SMARTS) is 1. The Bertz CT molecular complexity index is 726. The molecule has 108 valence electrons. The molecule has 0 heterocycles. The Morgan fingerprint density at radius 3 is 2.27 bits per heavy atom. The van der Waals surface area contributed by atoms with Crippen LogP contribution >= 0.6 is 0 Å². The minimum atomic E-state index is -1.60. The molecule has 0 aliphatic carbocycles. The standard InChI is InChI=1S/C15H12O6.Na/c1-21-8-5-6-9(12(17)7-8)14(18)13-10(15(19)20)3-2-4-11(13)16;/h2-7,16-17H,1H3,(H,19,20);/q;+1/p-1. The molecule has 0 aliphatic heterocycles. The van der Waals surface area contributed by atoms with Crippen molar-refractivity contribution in [1.82, 2.24) is 0 Å². The quantitative estimate of drug-likeness (QED) is 0.486. The first kappa shape index (κ1) is 18.0. The van der Waals surface area contributed by atoms with Gasteiger partial charge in [-0.25, -0.2) is 0 Å². The first-order valence-corrected chi connectivity index (χ1v) is 5.90. The third-order valence-electron chi connectivity index (χ3n) is 2.94. The van der Waals surface area contributed by atoms with E-state index < -0.39 is 28.6 Å². The van der Waals surface area contributed by atoms with Crippen LogP contribution in [0, 0.1) is 0 Å². The van der Waals surface area contributed by atoms with Gasteiger partial charge < -0.3 is 24.9 Å². The molecule has 2 N–H and O–H groups in total. The number of rotatable bonds is 4. The molecular formula is C15H11NaO6. The predicted molar refractivity (Wildman–Crippen MR) is 70.5 cm³/mol. The first-order valence-electron chi connectivity index (χ1n) is 5.90. The summed E-state index contributed by atoms with van der Waals surface area (Å²) in [4.78, 5) is 23.4. The molecule has 0 fully saturated rings. The summed E-state index contributed by atoms with van der Waals surface area (Å²) in [5.41, 5.74) is -1.03. The van der Waals surface area contributed by atoms with Crippen molar-refractivity contribution in [2.75, 3.05) is 7.11 Å². The number of hydrogen-bond acceptors (Lipinski definition) is 6. The van der Waals surface area contributed by atoms with Crippen molar-refractivity contribution < 1.29 is 59.2 Å². The summed E-state index contributed by atoms with van der Waals surface area (Å²) in [6.07, 6.45) is 0. The second-order valence-corrected chi connectivity index (χ2v) is 4.20. The number of methoxy groups -OCH3 is 1. The van der Waals surface area contributed by atoms with Gasteiger partial charge >= 0.3 is 29.6 Å². The minimum Gasteiger partial charge on any atom is -0.545 e. The molecule has 7 heteroatoms. The molecule has 0 bridgehead atoms. The minimum absolute atomic E-state index is 0. The Hall–Kier alpha value is -2.02. The van der Waals surface area contributed by atoms with Crippen molar-refractivity contribution in [3.05, 3.63) is 53.1 Å². The van der Waals surface area contributed by atoms with Crippen molar-refractivity contribution in [2.45, 2.75) is 0 Å². The largest absolute Gasteiger partial charge is 1.00 e. The average molecular weight is 310 g/mol. The Labute approximate surface area is 148 Å². The Morgan fingerprint density at radius 1 is 1.05 bits per heavy atom. The normalized spacial score (nSPS) is 9.68. The number of aromatic carboxylic acids is 1. The summed E-state index contributed by atoms with van der Waals surface area (Å²) in [5.74, 6) is -2.97. The number of phenolic OH excluding ortho intramolecular Hbond substituents is 2. The average Bonchev–Trinajstić information content (AvgIpc) is 2.46. The van der Waals surface area contributed by atoms with E-state index in [4.69, 9.17) is 4.74 Å². The van der Waals surface area contributed by atoms with Gasteiger partial charge in [-0.2, -0.15) is 0 Å². The van der Waals surface area contributed by atoms with Gasteiger partial charge in [-0.15, -0.1) is 0 Å². The van der Waals surface area contributed by atoms with E-state index >= 15 is 0 Å². The van der Waals surface area contributed by atoms with E-state index in [0.717, 1.165) is 6.07 Å². The summed E-state index contributed by atoms with van der Waals surface area (Å²) in [7, 11) is 1.40. The predicted octanol–water partition coefficient (Wildman–Crippen LogP) is -2.30. The molecule has 2 aromatic carbocycles. The molecule has 2 aromatic rings. The Balaban J connectivity index is 0.00000242. The molecule has 0 amide bonds. The Kier molecular flexibility index (Phi) is 5.99. The van der Waals surface area contributed by atoms with Crippen LogP contribution in [0.4, 0.5) is 0 Å². The fourth-order valence-electron chi connectivity index (χ4n) is 1.91. The van der Waals surface area contributed by atoms with Gasteiger partial charge in [0.2, 0.25) is 5.78 Å². The van der Waals surface area contributed by atoms with Crippen LogP contribution in [0.1, 0.15) is 26.3 Å². The fraction of sp³-hybridized carbons (Fsp3) is 0.0667. The summed E-state index contributed by atoms with van der Waals surface area (Å²) in [6, 6.07) is 7.54. The molecule has 0 saturated carbocycles. The molecule has 0 aromatic heterocycles. The van der Waals surface area contributed by atoms with E-state index in [1.54, 1.807) is 0 Å². The smallest absolute Gasteiger partial charge is 0.545 e. The third kappa shape index (κ3) is 3.41. The van der Waals surface area contributed by atoms with E-state index in [1.807, 2.05) is 0 Å². The molecule has 2 rings (SSSR count). The molecule has 6 nitrogen and oxygen atoms in total. The zero-order valence-electron chi connectivity index (χ0n) is 12.0. The van der Waals surface area contributed by atoms with Crippen molar-refractivity contribution >= 4 is 11.8 Å². The number of ether oxygens (including phenoxy) is 1. The third-order valence-corrected chi connectivity index (χ3v) is 2.94. The topological polar surface area (TPSA) is 107 Å². The van der Waals surface area contributed by atoms with Crippen molar-refractivity contribution in [3.63, 3.8) is 0 Å².